The van der Waals surface area contributed by atoms with Gasteiger partial charge in [0.25, 0.3) is 0 Å². The van der Waals surface area contributed by atoms with Crippen LogP contribution in [0.2, 0.25) is 0 Å². The lowest BCUT2D eigenvalue weighted by molar-refractivity contribution is -0.138. The molecule has 7 heteroatoms. The first-order valence-electron chi connectivity index (χ1n) is 5.73. The van der Waals surface area contributed by atoms with Gasteiger partial charge in [-0.05, 0) is 25.0 Å². The van der Waals surface area contributed by atoms with Crippen molar-refractivity contribution < 1.29 is 13.2 Å². The molecule has 1 fully saturated rings. The van der Waals surface area contributed by atoms with Crippen molar-refractivity contribution in [1.82, 2.24) is 14.8 Å². The van der Waals surface area contributed by atoms with Crippen LogP contribution in [0.25, 0.3) is 11.4 Å². The lowest BCUT2D eigenvalue weighted by atomic mass is 10.1. The summed E-state index contributed by atoms with van der Waals surface area (Å²) in [7, 11) is 0. The summed E-state index contributed by atoms with van der Waals surface area (Å²) >= 11 is 2.93. The minimum Gasteiger partial charge on any atom is -0.310 e. The first-order chi connectivity index (χ1) is 8.97. The van der Waals surface area contributed by atoms with Crippen molar-refractivity contribution >= 4 is 15.9 Å². The number of benzene rings is 1. The number of alkyl halides is 3. The molecule has 1 saturated carbocycles. The summed E-state index contributed by atoms with van der Waals surface area (Å²) in [6.45, 7) is 0. The van der Waals surface area contributed by atoms with Crippen molar-refractivity contribution in [1.29, 1.82) is 0 Å². The number of rotatable bonds is 2. The molecule has 3 rings (SSSR count). The van der Waals surface area contributed by atoms with Gasteiger partial charge in [-0.1, -0.05) is 22.0 Å². The third-order valence-corrected chi connectivity index (χ3v) is 3.73. The molecule has 0 aliphatic heterocycles. The van der Waals surface area contributed by atoms with Crippen LogP contribution >= 0.6 is 15.9 Å². The maximum atomic E-state index is 12.9. The quantitative estimate of drug-likeness (QED) is 0.830. The Balaban J connectivity index is 2.08. The van der Waals surface area contributed by atoms with Crippen LogP contribution < -0.4 is 0 Å². The lowest BCUT2D eigenvalue weighted by Crippen LogP contribution is -2.07. The molecule has 100 valence electrons. The van der Waals surface area contributed by atoms with Crippen molar-refractivity contribution in [2.45, 2.75) is 25.1 Å². The number of hydrogen-bond donors (Lipinski definition) is 0. The Hall–Kier alpha value is -1.37. The number of aromatic nitrogens is 3. The first-order valence-corrected chi connectivity index (χ1v) is 6.53. The molecular weight excluding hydrogens is 323 g/mol. The van der Waals surface area contributed by atoms with Gasteiger partial charge in [0, 0.05) is 16.1 Å². The van der Waals surface area contributed by atoms with Crippen molar-refractivity contribution in [3.63, 3.8) is 0 Å². The van der Waals surface area contributed by atoms with Crippen molar-refractivity contribution in [2.24, 2.45) is 0 Å². The van der Waals surface area contributed by atoms with Gasteiger partial charge in [-0.25, -0.2) is 0 Å². The zero-order valence-electron chi connectivity index (χ0n) is 9.65. The van der Waals surface area contributed by atoms with E-state index in [4.69, 9.17) is 0 Å². The fraction of sp³-hybridized carbons (Fsp3) is 0.333. The molecule has 0 N–H and O–H groups in total. The van der Waals surface area contributed by atoms with Crippen LogP contribution in [0.3, 0.4) is 0 Å². The second-order valence-corrected chi connectivity index (χ2v) is 5.34. The molecule has 0 bridgehead atoms. The Labute approximate surface area is 115 Å². The maximum Gasteiger partial charge on any atom is 0.417 e. The normalized spacial score (nSPS) is 15.8. The second kappa shape index (κ2) is 4.33. The SMILES string of the molecule is FC(F)(F)c1cc(-c2nncn2C2CC2)ccc1Br. The number of halogens is 4. The largest absolute Gasteiger partial charge is 0.417 e. The van der Waals surface area contributed by atoms with Gasteiger partial charge in [0.1, 0.15) is 6.33 Å². The van der Waals surface area contributed by atoms with Crippen LogP contribution in [0.5, 0.6) is 0 Å². The lowest BCUT2D eigenvalue weighted by Gasteiger charge is -2.11. The van der Waals surface area contributed by atoms with Gasteiger partial charge in [-0.2, -0.15) is 13.2 Å². The third kappa shape index (κ3) is 2.39. The van der Waals surface area contributed by atoms with Crippen LogP contribution in [0.4, 0.5) is 13.2 Å². The van der Waals surface area contributed by atoms with Gasteiger partial charge in [-0.15, -0.1) is 10.2 Å². The van der Waals surface area contributed by atoms with E-state index in [2.05, 4.69) is 26.1 Å². The number of nitrogens with zero attached hydrogens (tertiary/aromatic N) is 3. The molecule has 0 saturated heterocycles. The summed E-state index contributed by atoms with van der Waals surface area (Å²) in [4.78, 5) is 0. The Bertz CT molecular complexity index is 617. The Morgan fingerprint density at radius 3 is 2.63 bits per heavy atom. The predicted octanol–water partition coefficient (Wildman–Crippen LogP) is 4.06. The molecule has 1 aliphatic rings. The molecule has 0 atom stereocenters. The Morgan fingerprint density at radius 2 is 2.00 bits per heavy atom. The van der Waals surface area contributed by atoms with Gasteiger partial charge in [0.05, 0.1) is 5.56 Å². The molecule has 0 radical (unpaired) electrons. The molecule has 0 amide bonds. The van der Waals surface area contributed by atoms with Crippen LogP contribution in [0.1, 0.15) is 24.4 Å². The Kier molecular flexibility index (Phi) is 2.88. The molecule has 0 unspecified atom stereocenters. The van der Waals surface area contributed by atoms with Crippen LogP contribution in [-0.2, 0) is 6.18 Å². The van der Waals surface area contributed by atoms with E-state index >= 15 is 0 Å². The minimum absolute atomic E-state index is 0.0289. The van der Waals surface area contributed by atoms with Crippen LogP contribution in [-0.4, -0.2) is 14.8 Å². The average molecular weight is 332 g/mol. The van der Waals surface area contributed by atoms with E-state index in [1.165, 1.54) is 6.07 Å². The summed E-state index contributed by atoms with van der Waals surface area (Å²) in [5, 5.41) is 7.72. The molecular formula is C12H9BrF3N3. The summed E-state index contributed by atoms with van der Waals surface area (Å²) in [6, 6.07) is 4.43. The van der Waals surface area contributed by atoms with E-state index in [-0.39, 0.29) is 4.47 Å². The predicted molar refractivity (Wildman–Crippen MR) is 66.4 cm³/mol. The van der Waals surface area contributed by atoms with Crippen LogP contribution in [0.15, 0.2) is 29.0 Å². The highest BCUT2D eigenvalue weighted by Crippen LogP contribution is 2.40. The highest BCUT2D eigenvalue weighted by atomic mass is 79.9. The van der Waals surface area contributed by atoms with Crippen LogP contribution in [0, 0.1) is 0 Å². The summed E-state index contributed by atoms with van der Waals surface area (Å²) in [5.41, 5.74) is -0.268. The monoisotopic (exact) mass is 331 g/mol. The standard InChI is InChI=1S/C12H9BrF3N3/c13-10-4-1-7(5-9(10)12(14,15)16)11-18-17-6-19(11)8-2-3-8/h1,4-6,8H,2-3H2. The first kappa shape index (κ1) is 12.7. The van der Waals surface area contributed by atoms with Crippen molar-refractivity contribution in [3.05, 3.63) is 34.6 Å². The molecule has 2 aromatic rings. The molecule has 1 heterocycles. The fourth-order valence-electron chi connectivity index (χ4n) is 1.95. The zero-order chi connectivity index (χ0) is 13.6. The van der Waals surface area contributed by atoms with Gasteiger partial charge in [0.2, 0.25) is 0 Å². The molecule has 1 aromatic carbocycles. The van der Waals surface area contributed by atoms with Gasteiger partial charge >= 0.3 is 6.18 Å². The molecule has 19 heavy (non-hydrogen) atoms. The smallest absolute Gasteiger partial charge is 0.310 e. The van der Waals surface area contributed by atoms with Gasteiger partial charge in [-0.3, -0.25) is 0 Å². The van der Waals surface area contributed by atoms with E-state index in [9.17, 15) is 13.2 Å². The van der Waals surface area contributed by atoms with Gasteiger partial charge in [0.15, 0.2) is 5.82 Å². The second-order valence-electron chi connectivity index (χ2n) is 4.49. The third-order valence-electron chi connectivity index (χ3n) is 3.04. The van der Waals surface area contributed by atoms with E-state index in [0.29, 0.717) is 17.4 Å². The number of hydrogen-bond acceptors (Lipinski definition) is 2. The summed E-state index contributed by atoms with van der Waals surface area (Å²) in [5.74, 6) is 0.487. The highest BCUT2D eigenvalue weighted by molar-refractivity contribution is 9.10. The fourth-order valence-corrected chi connectivity index (χ4v) is 2.42. The zero-order valence-corrected chi connectivity index (χ0v) is 11.2. The molecule has 1 aliphatic carbocycles. The van der Waals surface area contributed by atoms with E-state index in [0.717, 1.165) is 18.9 Å². The summed E-state index contributed by atoms with van der Waals surface area (Å²) in [6.07, 6.45) is -0.775. The van der Waals surface area contributed by atoms with E-state index in [1.807, 2.05) is 4.57 Å². The van der Waals surface area contributed by atoms with E-state index in [1.54, 1.807) is 12.4 Å². The van der Waals surface area contributed by atoms with E-state index < -0.39 is 11.7 Å². The molecule has 1 aromatic heterocycles. The summed E-state index contributed by atoms with van der Waals surface area (Å²) < 4.78 is 40.5. The topological polar surface area (TPSA) is 30.7 Å². The minimum atomic E-state index is -4.39. The van der Waals surface area contributed by atoms with Crippen molar-refractivity contribution in [2.75, 3.05) is 0 Å². The average Bonchev–Trinajstić information content (AvgIpc) is 3.07. The Morgan fingerprint density at radius 1 is 1.26 bits per heavy atom. The highest BCUT2D eigenvalue weighted by Gasteiger charge is 2.34. The van der Waals surface area contributed by atoms with Crippen molar-refractivity contribution in [3.8, 4) is 11.4 Å². The maximum absolute atomic E-state index is 12.9. The molecule has 0 spiro atoms. The molecule has 3 nitrogen and oxygen atoms in total. The van der Waals surface area contributed by atoms with Gasteiger partial charge < -0.3 is 4.57 Å².